The molecular formula is C22H42N2. The maximum Gasteiger partial charge on any atom is 0.00953 e. The second-order valence-corrected chi connectivity index (χ2v) is 9.05. The standard InChI is InChI=1S/C22H42N2/c1-3-23-20-8-5-4-6-10-21(11-7-9-20)24(2)22-16-14-19(15-17-22)18-12-13-18/h18-23H,3-17H2,1-2H3. The third-order valence-corrected chi connectivity index (χ3v) is 7.35. The summed E-state index contributed by atoms with van der Waals surface area (Å²) in [5.74, 6) is 2.23. The highest BCUT2D eigenvalue weighted by molar-refractivity contribution is 4.89. The first-order valence-corrected chi connectivity index (χ1v) is 11.2. The van der Waals surface area contributed by atoms with Crippen LogP contribution in [0.25, 0.3) is 0 Å². The van der Waals surface area contributed by atoms with Gasteiger partial charge in [0.15, 0.2) is 0 Å². The zero-order chi connectivity index (χ0) is 16.8. The van der Waals surface area contributed by atoms with Crippen molar-refractivity contribution in [2.45, 2.75) is 115 Å². The van der Waals surface area contributed by atoms with Crippen LogP contribution in [-0.2, 0) is 0 Å². The summed E-state index contributed by atoms with van der Waals surface area (Å²) < 4.78 is 0. The molecule has 1 N–H and O–H groups in total. The molecule has 0 aromatic carbocycles. The van der Waals surface area contributed by atoms with Crippen LogP contribution in [0, 0.1) is 11.8 Å². The molecule has 0 amide bonds. The first-order valence-electron chi connectivity index (χ1n) is 11.2. The maximum absolute atomic E-state index is 3.72. The summed E-state index contributed by atoms with van der Waals surface area (Å²) in [6.45, 7) is 3.39. The van der Waals surface area contributed by atoms with E-state index in [1.807, 2.05) is 0 Å². The van der Waals surface area contributed by atoms with Gasteiger partial charge in [-0.2, -0.15) is 0 Å². The zero-order valence-corrected chi connectivity index (χ0v) is 16.4. The Morgan fingerprint density at radius 2 is 1.21 bits per heavy atom. The third kappa shape index (κ3) is 5.46. The van der Waals surface area contributed by atoms with Crippen LogP contribution in [0.4, 0.5) is 0 Å². The van der Waals surface area contributed by atoms with Crippen LogP contribution in [-0.4, -0.2) is 36.6 Å². The highest BCUT2D eigenvalue weighted by Crippen LogP contribution is 2.44. The van der Waals surface area contributed by atoms with Crippen molar-refractivity contribution < 1.29 is 0 Å². The van der Waals surface area contributed by atoms with Gasteiger partial charge in [-0.05, 0) is 89.6 Å². The summed E-state index contributed by atoms with van der Waals surface area (Å²) in [4.78, 5) is 2.83. The van der Waals surface area contributed by atoms with Crippen LogP contribution in [0.3, 0.4) is 0 Å². The Morgan fingerprint density at radius 1 is 0.667 bits per heavy atom. The van der Waals surface area contributed by atoms with Crippen molar-refractivity contribution in [3.05, 3.63) is 0 Å². The normalized spacial score (nSPS) is 36.6. The lowest BCUT2D eigenvalue weighted by Crippen LogP contribution is -2.42. The molecule has 0 saturated heterocycles. The predicted octanol–water partition coefficient (Wildman–Crippen LogP) is 5.37. The molecule has 0 aromatic rings. The second kappa shape index (κ2) is 9.57. The molecule has 0 bridgehead atoms. The molecule has 3 aliphatic carbocycles. The molecule has 0 aliphatic heterocycles. The average Bonchev–Trinajstić information content (AvgIpc) is 3.45. The molecule has 2 nitrogen and oxygen atoms in total. The number of nitrogens with zero attached hydrogens (tertiary/aromatic N) is 1. The second-order valence-electron chi connectivity index (χ2n) is 9.05. The van der Waals surface area contributed by atoms with Crippen LogP contribution < -0.4 is 5.32 Å². The fourth-order valence-electron chi connectivity index (χ4n) is 5.58. The fraction of sp³-hybridized carbons (Fsp3) is 1.00. The minimum atomic E-state index is 0.785. The summed E-state index contributed by atoms with van der Waals surface area (Å²) >= 11 is 0. The lowest BCUT2D eigenvalue weighted by molar-refractivity contribution is 0.101. The van der Waals surface area contributed by atoms with Gasteiger partial charge in [0.1, 0.15) is 0 Å². The van der Waals surface area contributed by atoms with Gasteiger partial charge in [0.2, 0.25) is 0 Å². The van der Waals surface area contributed by atoms with E-state index in [1.165, 1.54) is 77.0 Å². The molecule has 0 radical (unpaired) electrons. The van der Waals surface area contributed by atoms with E-state index < -0.39 is 0 Å². The topological polar surface area (TPSA) is 15.3 Å². The molecule has 3 saturated carbocycles. The lowest BCUT2D eigenvalue weighted by atomic mass is 9.82. The van der Waals surface area contributed by atoms with Gasteiger partial charge in [0, 0.05) is 18.1 Å². The number of hydrogen-bond acceptors (Lipinski definition) is 2. The van der Waals surface area contributed by atoms with Gasteiger partial charge >= 0.3 is 0 Å². The minimum Gasteiger partial charge on any atom is -0.314 e. The van der Waals surface area contributed by atoms with Crippen LogP contribution >= 0.6 is 0 Å². The molecule has 3 aliphatic rings. The van der Waals surface area contributed by atoms with Crippen molar-refractivity contribution in [2.75, 3.05) is 13.6 Å². The summed E-state index contributed by atoms with van der Waals surface area (Å²) in [5, 5.41) is 3.72. The van der Waals surface area contributed by atoms with E-state index in [4.69, 9.17) is 0 Å². The van der Waals surface area contributed by atoms with Crippen LogP contribution in [0.5, 0.6) is 0 Å². The first kappa shape index (κ1) is 18.7. The van der Waals surface area contributed by atoms with E-state index in [0.717, 1.165) is 36.5 Å². The lowest BCUT2D eigenvalue weighted by Gasteiger charge is -2.40. The summed E-state index contributed by atoms with van der Waals surface area (Å²) in [5.41, 5.74) is 0. The molecule has 3 fully saturated rings. The summed E-state index contributed by atoms with van der Waals surface area (Å²) in [6, 6.07) is 2.53. The fourth-order valence-corrected chi connectivity index (χ4v) is 5.58. The summed E-state index contributed by atoms with van der Waals surface area (Å²) in [7, 11) is 2.46. The molecule has 3 rings (SSSR count). The molecule has 24 heavy (non-hydrogen) atoms. The highest BCUT2D eigenvalue weighted by atomic mass is 15.2. The smallest absolute Gasteiger partial charge is 0.00953 e. The predicted molar refractivity (Wildman–Crippen MR) is 104 cm³/mol. The van der Waals surface area contributed by atoms with Gasteiger partial charge < -0.3 is 10.2 Å². The summed E-state index contributed by atoms with van der Waals surface area (Å²) in [6.07, 6.45) is 20.5. The van der Waals surface area contributed by atoms with Crippen molar-refractivity contribution >= 4 is 0 Å². The van der Waals surface area contributed by atoms with E-state index in [-0.39, 0.29) is 0 Å². The Labute approximate surface area is 151 Å². The Balaban J connectivity index is 1.46. The van der Waals surface area contributed by atoms with Crippen molar-refractivity contribution in [3.63, 3.8) is 0 Å². The van der Waals surface area contributed by atoms with Crippen molar-refractivity contribution in [3.8, 4) is 0 Å². The van der Waals surface area contributed by atoms with E-state index in [1.54, 1.807) is 12.8 Å². The molecule has 140 valence electrons. The highest BCUT2D eigenvalue weighted by Gasteiger charge is 2.35. The molecule has 0 heterocycles. The van der Waals surface area contributed by atoms with Crippen LogP contribution in [0.15, 0.2) is 0 Å². The molecule has 0 spiro atoms. The van der Waals surface area contributed by atoms with Gasteiger partial charge in [-0.1, -0.05) is 32.6 Å². The third-order valence-electron chi connectivity index (χ3n) is 7.35. The first-order chi connectivity index (χ1) is 11.8. The number of rotatable bonds is 5. The van der Waals surface area contributed by atoms with E-state index in [2.05, 4.69) is 24.2 Å². The molecular weight excluding hydrogens is 292 g/mol. The van der Waals surface area contributed by atoms with E-state index >= 15 is 0 Å². The van der Waals surface area contributed by atoms with Gasteiger partial charge in [-0.3, -0.25) is 0 Å². The molecule has 2 atom stereocenters. The Morgan fingerprint density at radius 3 is 1.88 bits per heavy atom. The monoisotopic (exact) mass is 334 g/mol. The largest absolute Gasteiger partial charge is 0.314 e. The minimum absolute atomic E-state index is 0.785. The van der Waals surface area contributed by atoms with Gasteiger partial charge in [0.05, 0.1) is 0 Å². The quantitative estimate of drug-likeness (QED) is 0.727. The zero-order valence-electron chi connectivity index (χ0n) is 16.4. The Bertz CT molecular complexity index is 344. The van der Waals surface area contributed by atoms with Gasteiger partial charge in [-0.15, -0.1) is 0 Å². The molecule has 2 heteroatoms. The van der Waals surface area contributed by atoms with Gasteiger partial charge in [-0.25, -0.2) is 0 Å². The van der Waals surface area contributed by atoms with Gasteiger partial charge in [0.25, 0.3) is 0 Å². The number of hydrogen-bond donors (Lipinski definition) is 1. The SMILES string of the molecule is CCNC1CCCCCC(N(C)C2CCC(C3CC3)CC2)CCC1. The van der Waals surface area contributed by atoms with E-state index in [0.29, 0.717) is 0 Å². The van der Waals surface area contributed by atoms with Crippen molar-refractivity contribution in [2.24, 2.45) is 11.8 Å². The van der Waals surface area contributed by atoms with Crippen molar-refractivity contribution in [1.29, 1.82) is 0 Å². The Hall–Kier alpha value is -0.0800. The van der Waals surface area contributed by atoms with Crippen LogP contribution in [0.1, 0.15) is 96.8 Å². The van der Waals surface area contributed by atoms with Crippen LogP contribution in [0.2, 0.25) is 0 Å². The molecule has 0 aromatic heterocycles. The average molecular weight is 335 g/mol. The number of nitrogens with one attached hydrogen (secondary N) is 1. The Kier molecular flexibility index (Phi) is 7.46. The van der Waals surface area contributed by atoms with Crippen molar-refractivity contribution in [1.82, 2.24) is 10.2 Å². The maximum atomic E-state index is 3.72. The molecule has 2 unspecified atom stereocenters. The van der Waals surface area contributed by atoms with E-state index in [9.17, 15) is 0 Å².